The van der Waals surface area contributed by atoms with Gasteiger partial charge in [0.05, 0.1) is 5.02 Å². The lowest BCUT2D eigenvalue weighted by Gasteiger charge is -2.07. The summed E-state index contributed by atoms with van der Waals surface area (Å²) in [6.45, 7) is 0.205. The number of pyridine rings is 1. The molecule has 1 amide bonds. The van der Waals surface area contributed by atoms with Gasteiger partial charge in [0.1, 0.15) is 6.61 Å². The summed E-state index contributed by atoms with van der Waals surface area (Å²) in [5, 5.41) is 2.85. The van der Waals surface area contributed by atoms with Crippen molar-refractivity contribution >= 4 is 23.5 Å². The van der Waals surface area contributed by atoms with Crippen LogP contribution >= 0.6 is 11.6 Å². The van der Waals surface area contributed by atoms with Gasteiger partial charge in [-0.1, -0.05) is 41.9 Å². The average molecular weight is 263 g/mol. The monoisotopic (exact) mass is 262 g/mol. The van der Waals surface area contributed by atoms with E-state index in [1.807, 2.05) is 30.3 Å². The first kappa shape index (κ1) is 12.4. The van der Waals surface area contributed by atoms with Gasteiger partial charge >= 0.3 is 6.09 Å². The van der Waals surface area contributed by atoms with E-state index in [0.717, 1.165) is 5.56 Å². The topological polar surface area (TPSA) is 51.2 Å². The molecule has 1 heterocycles. The summed E-state index contributed by atoms with van der Waals surface area (Å²) in [6.07, 6.45) is 0.957. The third-order valence-electron chi connectivity index (χ3n) is 2.19. The van der Waals surface area contributed by atoms with Crippen LogP contribution in [0.5, 0.6) is 0 Å². The molecule has 92 valence electrons. The quantitative estimate of drug-likeness (QED) is 0.921. The Bertz CT molecular complexity index is 532. The van der Waals surface area contributed by atoms with Crippen molar-refractivity contribution in [1.82, 2.24) is 4.98 Å². The molecule has 0 aliphatic heterocycles. The molecule has 0 unspecified atom stereocenters. The number of carbonyl (C=O) groups is 1. The molecule has 2 aromatic rings. The predicted octanol–water partition coefficient (Wildman–Crippen LogP) is 3.48. The maximum atomic E-state index is 11.5. The molecule has 4 nitrogen and oxygen atoms in total. The van der Waals surface area contributed by atoms with Crippen molar-refractivity contribution in [2.75, 3.05) is 5.32 Å². The molecule has 0 aliphatic carbocycles. The largest absolute Gasteiger partial charge is 0.444 e. The van der Waals surface area contributed by atoms with Crippen molar-refractivity contribution in [2.45, 2.75) is 6.61 Å². The Morgan fingerprint density at radius 1 is 1.22 bits per heavy atom. The summed E-state index contributed by atoms with van der Waals surface area (Å²) in [4.78, 5) is 15.4. The molecule has 0 fully saturated rings. The standard InChI is InChI=1S/C13H11ClN2O2/c14-11-7-4-8-15-12(11)16-13(17)18-9-10-5-2-1-3-6-10/h1-8H,9H2,(H,15,16,17). The van der Waals surface area contributed by atoms with Crippen LogP contribution in [0.4, 0.5) is 10.6 Å². The minimum Gasteiger partial charge on any atom is -0.444 e. The van der Waals surface area contributed by atoms with E-state index in [9.17, 15) is 4.79 Å². The molecular formula is C13H11ClN2O2. The molecule has 0 spiro atoms. The van der Waals surface area contributed by atoms with E-state index in [1.54, 1.807) is 18.3 Å². The van der Waals surface area contributed by atoms with E-state index >= 15 is 0 Å². The molecule has 1 aromatic heterocycles. The first-order chi connectivity index (χ1) is 8.75. The lowest BCUT2D eigenvalue weighted by Crippen LogP contribution is -2.14. The van der Waals surface area contributed by atoms with Gasteiger partial charge in [0.2, 0.25) is 0 Å². The molecule has 0 radical (unpaired) electrons. The Balaban J connectivity index is 1.88. The van der Waals surface area contributed by atoms with Gasteiger partial charge in [-0.15, -0.1) is 0 Å². The van der Waals surface area contributed by atoms with E-state index < -0.39 is 6.09 Å². The highest BCUT2D eigenvalue weighted by Crippen LogP contribution is 2.17. The van der Waals surface area contributed by atoms with Gasteiger partial charge in [-0.2, -0.15) is 0 Å². The fourth-order valence-corrected chi connectivity index (χ4v) is 1.50. The number of anilines is 1. The fourth-order valence-electron chi connectivity index (χ4n) is 1.33. The molecule has 0 aliphatic rings. The van der Waals surface area contributed by atoms with Crippen molar-refractivity contribution < 1.29 is 9.53 Å². The normalized spacial score (nSPS) is 9.83. The van der Waals surface area contributed by atoms with Crippen LogP contribution in [0, 0.1) is 0 Å². The first-order valence-electron chi connectivity index (χ1n) is 5.34. The van der Waals surface area contributed by atoms with Crippen molar-refractivity contribution in [3.63, 3.8) is 0 Å². The summed E-state index contributed by atoms with van der Waals surface area (Å²) in [7, 11) is 0. The number of nitrogens with one attached hydrogen (secondary N) is 1. The van der Waals surface area contributed by atoms with Gasteiger partial charge in [-0.25, -0.2) is 9.78 Å². The second kappa shape index (κ2) is 6.02. The number of benzene rings is 1. The van der Waals surface area contributed by atoms with Gasteiger partial charge < -0.3 is 4.74 Å². The molecule has 18 heavy (non-hydrogen) atoms. The molecule has 0 saturated carbocycles. The third-order valence-corrected chi connectivity index (χ3v) is 2.50. The zero-order valence-electron chi connectivity index (χ0n) is 9.47. The van der Waals surface area contributed by atoms with Crippen molar-refractivity contribution in [3.05, 3.63) is 59.2 Å². The smallest absolute Gasteiger partial charge is 0.413 e. The summed E-state index contributed by atoms with van der Waals surface area (Å²) in [5.41, 5.74) is 0.916. The highest BCUT2D eigenvalue weighted by molar-refractivity contribution is 6.33. The molecule has 0 atom stereocenters. The van der Waals surface area contributed by atoms with Crippen molar-refractivity contribution in [3.8, 4) is 0 Å². The van der Waals surface area contributed by atoms with Crippen molar-refractivity contribution in [1.29, 1.82) is 0 Å². The predicted molar refractivity (Wildman–Crippen MR) is 69.5 cm³/mol. The van der Waals surface area contributed by atoms with Gasteiger partial charge in [0.15, 0.2) is 5.82 Å². The maximum absolute atomic E-state index is 11.5. The summed E-state index contributed by atoms with van der Waals surface area (Å²) in [6, 6.07) is 12.7. The molecule has 5 heteroatoms. The van der Waals surface area contributed by atoms with Gasteiger partial charge in [-0.05, 0) is 17.7 Å². The zero-order valence-corrected chi connectivity index (χ0v) is 10.2. The SMILES string of the molecule is O=C(Nc1ncccc1Cl)OCc1ccccc1. The average Bonchev–Trinajstić information content (AvgIpc) is 2.40. The zero-order chi connectivity index (χ0) is 12.8. The Labute approximate surface area is 110 Å². The first-order valence-corrected chi connectivity index (χ1v) is 5.72. The number of carbonyl (C=O) groups excluding carboxylic acids is 1. The Morgan fingerprint density at radius 2 is 2.00 bits per heavy atom. The van der Waals surface area contributed by atoms with Gasteiger partial charge in [0.25, 0.3) is 0 Å². The Kier molecular flexibility index (Phi) is 4.15. The second-order valence-electron chi connectivity index (χ2n) is 3.52. The van der Waals surface area contributed by atoms with Crippen LogP contribution in [0.1, 0.15) is 5.56 Å². The number of hydrogen-bond donors (Lipinski definition) is 1. The molecule has 0 bridgehead atoms. The number of hydrogen-bond acceptors (Lipinski definition) is 3. The number of rotatable bonds is 3. The lowest BCUT2D eigenvalue weighted by atomic mass is 10.2. The molecule has 1 N–H and O–H groups in total. The molecule has 2 rings (SSSR count). The van der Waals surface area contributed by atoms with E-state index in [0.29, 0.717) is 5.02 Å². The van der Waals surface area contributed by atoms with Crippen LogP contribution in [0.2, 0.25) is 5.02 Å². The number of ether oxygens (including phenoxy) is 1. The molecule has 1 aromatic carbocycles. The van der Waals surface area contributed by atoms with Crippen molar-refractivity contribution in [2.24, 2.45) is 0 Å². The van der Waals surface area contributed by atoms with E-state index in [4.69, 9.17) is 16.3 Å². The maximum Gasteiger partial charge on any atom is 0.413 e. The minimum atomic E-state index is -0.584. The Hall–Kier alpha value is -2.07. The Morgan fingerprint density at radius 3 is 2.72 bits per heavy atom. The summed E-state index contributed by atoms with van der Waals surface area (Å²) < 4.78 is 5.04. The van der Waals surface area contributed by atoms with Crippen LogP contribution in [-0.4, -0.2) is 11.1 Å². The van der Waals surface area contributed by atoms with Crippen LogP contribution in [-0.2, 0) is 11.3 Å². The lowest BCUT2D eigenvalue weighted by molar-refractivity contribution is 0.155. The van der Waals surface area contributed by atoms with Gasteiger partial charge in [0, 0.05) is 6.20 Å². The van der Waals surface area contributed by atoms with E-state index in [-0.39, 0.29) is 12.4 Å². The number of nitrogens with zero attached hydrogens (tertiary/aromatic N) is 1. The number of aromatic nitrogens is 1. The van der Waals surface area contributed by atoms with Gasteiger partial charge in [-0.3, -0.25) is 5.32 Å². The fraction of sp³-hybridized carbons (Fsp3) is 0.0769. The van der Waals surface area contributed by atoms with Crippen LogP contribution in [0.25, 0.3) is 0 Å². The number of halogens is 1. The highest BCUT2D eigenvalue weighted by atomic mass is 35.5. The third kappa shape index (κ3) is 3.46. The van der Waals surface area contributed by atoms with Crippen LogP contribution in [0.3, 0.4) is 0 Å². The van der Waals surface area contributed by atoms with E-state index in [2.05, 4.69) is 10.3 Å². The molecule has 0 saturated heterocycles. The molecular weight excluding hydrogens is 252 g/mol. The van der Waals surface area contributed by atoms with Crippen LogP contribution < -0.4 is 5.32 Å². The summed E-state index contributed by atoms with van der Waals surface area (Å²) in [5.74, 6) is 0.289. The summed E-state index contributed by atoms with van der Waals surface area (Å²) >= 11 is 5.85. The van der Waals surface area contributed by atoms with E-state index in [1.165, 1.54) is 0 Å². The second-order valence-corrected chi connectivity index (χ2v) is 3.93. The highest BCUT2D eigenvalue weighted by Gasteiger charge is 2.07. The van der Waals surface area contributed by atoms with Crippen LogP contribution in [0.15, 0.2) is 48.7 Å². The number of amides is 1. The minimum absolute atomic E-state index is 0.205.